The van der Waals surface area contributed by atoms with Crippen molar-refractivity contribution in [3.63, 3.8) is 0 Å². The summed E-state index contributed by atoms with van der Waals surface area (Å²) in [6.07, 6.45) is -4.47. The van der Waals surface area contributed by atoms with Crippen LogP contribution in [-0.2, 0) is 10.9 Å². The predicted octanol–water partition coefficient (Wildman–Crippen LogP) is 7.28. The van der Waals surface area contributed by atoms with Crippen LogP contribution in [0.15, 0.2) is 84.9 Å². The Labute approximate surface area is 219 Å². The molecule has 4 aromatic carbocycles. The molecule has 0 unspecified atom stereocenters. The number of rotatable bonds is 6. The van der Waals surface area contributed by atoms with Gasteiger partial charge in [-0.15, -0.1) is 0 Å². The van der Waals surface area contributed by atoms with Gasteiger partial charge < -0.3 is 14.8 Å². The first-order valence-corrected chi connectivity index (χ1v) is 12.5. The van der Waals surface area contributed by atoms with Crippen molar-refractivity contribution in [2.24, 2.45) is 0 Å². The fraction of sp³-hybridized carbons (Fsp3) is 0.258. The van der Waals surface area contributed by atoms with Gasteiger partial charge in [0.2, 0.25) is 0 Å². The quantitative estimate of drug-likeness (QED) is 0.272. The minimum absolute atomic E-state index is 0.0384. The highest BCUT2D eigenvalue weighted by Gasteiger charge is 2.37. The van der Waals surface area contributed by atoms with Crippen molar-refractivity contribution in [1.29, 1.82) is 0 Å². The highest BCUT2D eigenvalue weighted by molar-refractivity contribution is 5.91. The van der Waals surface area contributed by atoms with Gasteiger partial charge in [-0.2, -0.15) is 13.2 Å². The molecule has 3 atom stereocenters. The third-order valence-electron chi connectivity index (χ3n) is 7.18. The summed E-state index contributed by atoms with van der Waals surface area (Å²) in [5, 5.41) is 5.90. The summed E-state index contributed by atoms with van der Waals surface area (Å²) >= 11 is 0. The molecule has 0 bridgehead atoms. The van der Waals surface area contributed by atoms with Crippen LogP contribution in [0, 0.1) is 0 Å². The molecule has 0 radical (unpaired) electrons. The van der Waals surface area contributed by atoms with E-state index in [1.807, 2.05) is 42.5 Å². The summed E-state index contributed by atoms with van der Waals surface area (Å²) < 4.78 is 52.6. The first kappa shape index (κ1) is 25.8. The molecule has 0 aliphatic carbocycles. The second-order valence-electron chi connectivity index (χ2n) is 9.56. The molecule has 4 nitrogen and oxygen atoms in total. The van der Waals surface area contributed by atoms with Crippen LogP contribution in [0.2, 0.25) is 0 Å². The van der Waals surface area contributed by atoms with Crippen LogP contribution >= 0.6 is 0 Å². The fourth-order valence-electron chi connectivity index (χ4n) is 5.28. The highest BCUT2D eigenvalue weighted by atomic mass is 19.4. The van der Waals surface area contributed by atoms with Gasteiger partial charge in [0.1, 0.15) is 11.9 Å². The topological polar surface area (TPSA) is 47.6 Å². The number of methoxy groups -OCH3 is 1. The Balaban J connectivity index is 1.42. The number of halogens is 3. The van der Waals surface area contributed by atoms with Crippen LogP contribution in [0.5, 0.6) is 5.75 Å². The zero-order valence-electron chi connectivity index (χ0n) is 21.1. The monoisotopic (exact) mass is 519 g/mol. The molecule has 196 valence electrons. The standard InChI is InChI=1S/C31H28F3NO3/c1-19(23-12-7-9-20-8-3-4-10-24(20)23)35-18-22-17-27(25-11-5-6-13-29(25)38-22)21-14-15-26(30(36)37-2)28(16-21)31(32,33)34/h3-16,19,22,27,35H,17-18H2,1-2H3/t19-,22-,27-/m1/s1. The van der Waals surface area contributed by atoms with Crippen LogP contribution in [0.3, 0.4) is 0 Å². The zero-order valence-corrected chi connectivity index (χ0v) is 21.1. The maximum Gasteiger partial charge on any atom is 0.417 e. The Morgan fingerprint density at radius 1 is 1.03 bits per heavy atom. The predicted molar refractivity (Wildman–Crippen MR) is 140 cm³/mol. The number of ether oxygens (including phenoxy) is 2. The maximum atomic E-state index is 13.9. The van der Waals surface area contributed by atoms with E-state index in [9.17, 15) is 18.0 Å². The van der Waals surface area contributed by atoms with Crippen LogP contribution in [0.25, 0.3) is 10.8 Å². The Kier molecular flexibility index (Phi) is 7.13. The number of benzene rings is 4. The number of nitrogens with one attached hydrogen (secondary N) is 1. The highest BCUT2D eigenvalue weighted by Crippen LogP contribution is 2.42. The van der Waals surface area contributed by atoms with Gasteiger partial charge in [0.15, 0.2) is 0 Å². The van der Waals surface area contributed by atoms with Gasteiger partial charge in [-0.05, 0) is 53.4 Å². The molecular formula is C31H28F3NO3. The summed E-state index contributed by atoms with van der Waals surface area (Å²) in [4.78, 5) is 12.0. The lowest BCUT2D eigenvalue weighted by Crippen LogP contribution is -2.37. The minimum Gasteiger partial charge on any atom is -0.489 e. The van der Waals surface area contributed by atoms with E-state index in [0.29, 0.717) is 24.3 Å². The Hall–Kier alpha value is -3.84. The number of hydrogen-bond donors (Lipinski definition) is 1. The minimum atomic E-state index is -4.70. The van der Waals surface area contributed by atoms with Gasteiger partial charge >= 0.3 is 12.1 Å². The summed E-state index contributed by atoms with van der Waals surface area (Å²) in [7, 11) is 1.07. The largest absolute Gasteiger partial charge is 0.489 e. The van der Waals surface area contributed by atoms with E-state index >= 15 is 0 Å². The lowest BCUT2D eigenvalue weighted by atomic mass is 9.83. The molecule has 4 aromatic rings. The Bertz CT molecular complexity index is 1460. The van der Waals surface area contributed by atoms with Gasteiger partial charge in [-0.25, -0.2) is 4.79 Å². The van der Waals surface area contributed by atoms with E-state index in [1.165, 1.54) is 17.0 Å². The third-order valence-corrected chi connectivity index (χ3v) is 7.18. The van der Waals surface area contributed by atoms with Crippen molar-refractivity contribution in [3.05, 3.63) is 113 Å². The van der Waals surface area contributed by atoms with E-state index in [2.05, 4.69) is 41.2 Å². The molecule has 38 heavy (non-hydrogen) atoms. The molecule has 1 aliphatic heterocycles. The Morgan fingerprint density at radius 2 is 1.76 bits per heavy atom. The van der Waals surface area contributed by atoms with Crippen molar-refractivity contribution >= 4 is 16.7 Å². The molecule has 5 rings (SSSR count). The van der Waals surface area contributed by atoms with Crippen LogP contribution in [0.4, 0.5) is 13.2 Å². The van der Waals surface area contributed by atoms with Gasteiger partial charge in [0.05, 0.1) is 18.2 Å². The number of para-hydroxylation sites is 1. The van der Waals surface area contributed by atoms with Crippen molar-refractivity contribution in [2.45, 2.75) is 37.6 Å². The van der Waals surface area contributed by atoms with E-state index < -0.39 is 23.3 Å². The van der Waals surface area contributed by atoms with Gasteiger partial charge in [0.25, 0.3) is 0 Å². The second-order valence-corrected chi connectivity index (χ2v) is 9.56. The van der Waals surface area contributed by atoms with E-state index in [1.54, 1.807) is 6.07 Å². The molecule has 1 aliphatic rings. The first-order chi connectivity index (χ1) is 18.3. The molecule has 0 aromatic heterocycles. The smallest absolute Gasteiger partial charge is 0.417 e. The summed E-state index contributed by atoms with van der Waals surface area (Å²) in [6, 6.07) is 25.8. The number of alkyl halides is 3. The normalized spacial score (nSPS) is 17.9. The molecular weight excluding hydrogens is 491 g/mol. The molecule has 1 N–H and O–H groups in total. The average Bonchev–Trinajstić information content (AvgIpc) is 2.94. The van der Waals surface area contributed by atoms with Crippen molar-refractivity contribution < 1.29 is 27.4 Å². The second kappa shape index (κ2) is 10.5. The van der Waals surface area contributed by atoms with Gasteiger partial charge in [-0.1, -0.05) is 66.7 Å². The molecule has 0 saturated heterocycles. The van der Waals surface area contributed by atoms with E-state index in [4.69, 9.17) is 4.74 Å². The number of carbonyl (C=O) groups excluding carboxylic acids is 1. The van der Waals surface area contributed by atoms with Gasteiger partial charge in [0, 0.05) is 24.1 Å². The SMILES string of the molecule is COC(=O)c1ccc([C@H]2C[C@H](CN[C@H](C)c3cccc4ccccc34)Oc3ccccc32)cc1C(F)(F)F. The molecule has 7 heteroatoms. The lowest BCUT2D eigenvalue weighted by molar-refractivity contribution is -0.138. The maximum absolute atomic E-state index is 13.9. The van der Waals surface area contributed by atoms with Gasteiger partial charge in [-0.3, -0.25) is 0 Å². The zero-order chi connectivity index (χ0) is 26.9. The van der Waals surface area contributed by atoms with Crippen LogP contribution in [0.1, 0.15) is 57.9 Å². The first-order valence-electron chi connectivity index (χ1n) is 12.5. The summed E-state index contributed by atoms with van der Waals surface area (Å²) in [5.74, 6) is -0.688. The number of carbonyl (C=O) groups is 1. The number of hydrogen-bond acceptors (Lipinski definition) is 4. The molecule has 0 saturated carbocycles. The van der Waals surface area contributed by atoms with Crippen LogP contribution < -0.4 is 10.1 Å². The van der Waals surface area contributed by atoms with E-state index in [-0.39, 0.29) is 18.1 Å². The van der Waals surface area contributed by atoms with Crippen LogP contribution in [-0.4, -0.2) is 25.7 Å². The van der Waals surface area contributed by atoms with Crippen molar-refractivity contribution in [2.75, 3.05) is 13.7 Å². The fourth-order valence-corrected chi connectivity index (χ4v) is 5.28. The molecule has 0 fully saturated rings. The molecule has 0 amide bonds. The summed E-state index contributed by atoms with van der Waals surface area (Å²) in [6.45, 7) is 2.61. The number of esters is 1. The molecule has 0 spiro atoms. The number of fused-ring (bicyclic) bond motifs is 2. The van der Waals surface area contributed by atoms with Crippen molar-refractivity contribution in [1.82, 2.24) is 5.32 Å². The Morgan fingerprint density at radius 3 is 2.55 bits per heavy atom. The van der Waals surface area contributed by atoms with E-state index in [0.717, 1.165) is 24.1 Å². The average molecular weight is 520 g/mol. The third kappa shape index (κ3) is 5.11. The lowest BCUT2D eigenvalue weighted by Gasteiger charge is -2.34. The summed E-state index contributed by atoms with van der Waals surface area (Å²) in [5.41, 5.74) is 0.984. The molecule has 1 heterocycles. The van der Waals surface area contributed by atoms with Crippen molar-refractivity contribution in [3.8, 4) is 5.75 Å².